The van der Waals surface area contributed by atoms with Crippen LogP contribution in [0.1, 0.15) is 58.3 Å². The van der Waals surface area contributed by atoms with Crippen LogP contribution >= 0.6 is 0 Å². The van der Waals surface area contributed by atoms with Gasteiger partial charge in [-0.1, -0.05) is 80.5 Å². The van der Waals surface area contributed by atoms with Crippen LogP contribution in [-0.4, -0.2) is 33.5 Å². The Kier molecular flexibility index (Phi) is 16.6. The lowest BCUT2D eigenvalue weighted by Gasteiger charge is -2.03. The minimum atomic E-state index is -0.763. The molecule has 0 unspecified atom stereocenters. The average Bonchev–Trinajstić information content (AvgIpc) is 2.60. The number of carboxylic acids is 1. The second-order valence-corrected chi connectivity index (χ2v) is 6.10. The first-order chi connectivity index (χ1) is 12.6. The molecular formula is C22H34O4. The first-order valence-electron chi connectivity index (χ1n) is 9.45. The summed E-state index contributed by atoms with van der Waals surface area (Å²) in [5, 5.41) is 28.0. The molecule has 2 atom stereocenters. The highest BCUT2D eigenvalue weighted by atomic mass is 16.4. The lowest BCUT2D eigenvalue weighted by Crippen LogP contribution is -2.01. The largest absolute Gasteiger partial charge is 0.481 e. The summed E-state index contributed by atoms with van der Waals surface area (Å²) in [7, 11) is 0. The van der Waals surface area contributed by atoms with Gasteiger partial charge in [0.2, 0.25) is 0 Å². The van der Waals surface area contributed by atoms with Crippen molar-refractivity contribution in [1.82, 2.24) is 0 Å². The van der Waals surface area contributed by atoms with Gasteiger partial charge in [-0.25, -0.2) is 0 Å². The van der Waals surface area contributed by atoms with E-state index in [1.54, 1.807) is 12.2 Å². The Balaban J connectivity index is 3.76. The van der Waals surface area contributed by atoms with Gasteiger partial charge < -0.3 is 15.3 Å². The summed E-state index contributed by atoms with van der Waals surface area (Å²) < 4.78 is 0. The summed E-state index contributed by atoms with van der Waals surface area (Å²) in [4.78, 5) is 10.4. The van der Waals surface area contributed by atoms with Crippen molar-refractivity contribution in [3.05, 3.63) is 60.8 Å². The van der Waals surface area contributed by atoms with Crippen LogP contribution in [0.15, 0.2) is 60.8 Å². The number of allylic oxidation sites excluding steroid dienone is 7. The van der Waals surface area contributed by atoms with E-state index < -0.39 is 18.2 Å². The Bertz CT molecular complexity index is 486. The predicted octanol–water partition coefficient (Wildman–Crippen LogP) is 4.71. The van der Waals surface area contributed by atoms with Crippen molar-refractivity contribution in [3.63, 3.8) is 0 Å². The maximum Gasteiger partial charge on any atom is 0.303 e. The molecule has 0 fully saturated rings. The normalized spacial score (nSPS) is 15.2. The van der Waals surface area contributed by atoms with Crippen molar-refractivity contribution < 1.29 is 20.1 Å². The summed E-state index contributed by atoms with van der Waals surface area (Å²) in [5.41, 5.74) is 0. The standard InChI is InChI=1S/C22H34O4/c1-2-3-10-15-20(23)16-11-7-5-4-6-8-12-17-21(24)18-13-9-14-19-22(25)26/h3,5-8,10-12,16-17,20-21,23-24H,2,4,9,13-15,18-19H2,1H3,(H,25,26)/b7-5-,8-6+,10-3-,16-11+,17-12-/t20-,21-/m0/s1. The highest BCUT2D eigenvalue weighted by Gasteiger charge is 2.00. The van der Waals surface area contributed by atoms with E-state index in [4.69, 9.17) is 5.11 Å². The molecule has 0 amide bonds. The molecule has 0 aromatic carbocycles. The van der Waals surface area contributed by atoms with Crippen molar-refractivity contribution in [3.8, 4) is 0 Å². The second kappa shape index (κ2) is 17.9. The number of rotatable bonds is 15. The van der Waals surface area contributed by atoms with Gasteiger partial charge in [-0.15, -0.1) is 0 Å². The number of aliphatic carboxylic acids is 1. The van der Waals surface area contributed by atoms with Crippen molar-refractivity contribution in [2.45, 2.75) is 70.5 Å². The fraction of sp³-hybridized carbons (Fsp3) is 0.500. The third-order valence-electron chi connectivity index (χ3n) is 3.60. The summed E-state index contributed by atoms with van der Waals surface area (Å²) >= 11 is 0. The molecule has 146 valence electrons. The minimum absolute atomic E-state index is 0.201. The van der Waals surface area contributed by atoms with Crippen LogP contribution in [-0.2, 0) is 4.79 Å². The Morgan fingerprint density at radius 3 is 2.12 bits per heavy atom. The lowest BCUT2D eigenvalue weighted by molar-refractivity contribution is -0.137. The first kappa shape index (κ1) is 24.1. The van der Waals surface area contributed by atoms with Gasteiger partial charge in [0.05, 0.1) is 12.2 Å². The molecule has 3 N–H and O–H groups in total. The van der Waals surface area contributed by atoms with Crippen molar-refractivity contribution in [2.24, 2.45) is 0 Å². The molecular weight excluding hydrogens is 328 g/mol. The number of hydrogen-bond donors (Lipinski definition) is 3. The van der Waals surface area contributed by atoms with Gasteiger partial charge in [0.15, 0.2) is 0 Å². The molecule has 0 aromatic rings. The maximum atomic E-state index is 10.4. The molecule has 0 aliphatic carbocycles. The first-order valence-corrected chi connectivity index (χ1v) is 9.45. The molecule has 0 heterocycles. The van der Waals surface area contributed by atoms with E-state index in [0.717, 1.165) is 25.7 Å². The van der Waals surface area contributed by atoms with E-state index in [9.17, 15) is 15.0 Å². The van der Waals surface area contributed by atoms with E-state index in [1.165, 1.54) is 0 Å². The Morgan fingerprint density at radius 2 is 1.50 bits per heavy atom. The molecule has 4 heteroatoms. The van der Waals surface area contributed by atoms with Crippen LogP contribution in [0.5, 0.6) is 0 Å². The fourth-order valence-corrected chi connectivity index (χ4v) is 2.16. The molecule has 0 spiro atoms. The highest BCUT2D eigenvalue weighted by Crippen LogP contribution is 2.07. The van der Waals surface area contributed by atoms with Crippen LogP contribution in [0.2, 0.25) is 0 Å². The molecule has 0 radical (unpaired) electrons. The number of aliphatic hydroxyl groups excluding tert-OH is 2. The second-order valence-electron chi connectivity index (χ2n) is 6.10. The quantitative estimate of drug-likeness (QED) is 0.224. The van der Waals surface area contributed by atoms with Gasteiger partial charge in [-0.2, -0.15) is 0 Å². The minimum Gasteiger partial charge on any atom is -0.481 e. The predicted molar refractivity (Wildman–Crippen MR) is 108 cm³/mol. The molecule has 0 saturated carbocycles. The third kappa shape index (κ3) is 18.4. The van der Waals surface area contributed by atoms with Crippen LogP contribution in [0.4, 0.5) is 0 Å². The zero-order valence-corrected chi connectivity index (χ0v) is 15.8. The Labute approximate surface area is 157 Å². The molecule has 0 rings (SSSR count). The third-order valence-corrected chi connectivity index (χ3v) is 3.60. The summed E-state index contributed by atoms with van der Waals surface area (Å²) in [6.07, 6.45) is 23.7. The maximum absolute atomic E-state index is 10.4. The lowest BCUT2D eigenvalue weighted by atomic mass is 10.1. The van der Waals surface area contributed by atoms with Gasteiger partial charge in [0.25, 0.3) is 0 Å². The van der Waals surface area contributed by atoms with Gasteiger partial charge in [-0.05, 0) is 32.1 Å². The van der Waals surface area contributed by atoms with Crippen LogP contribution < -0.4 is 0 Å². The zero-order valence-electron chi connectivity index (χ0n) is 15.8. The molecule has 4 nitrogen and oxygen atoms in total. The molecule has 0 saturated heterocycles. The molecule has 0 bridgehead atoms. The Hall–Kier alpha value is -1.91. The van der Waals surface area contributed by atoms with E-state index >= 15 is 0 Å². The molecule has 0 aliphatic rings. The topological polar surface area (TPSA) is 77.8 Å². The summed E-state index contributed by atoms with van der Waals surface area (Å²) in [6, 6.07) is 0. The molecule has 26 heavy (non-hydrogen) atoms. The smallest absolute Gasteiger partial charge is 0.303 e. The van der Waals surface area contributed by atoms with Crippen molar-refractivity contribution >= 4 is 5.97 Å². The van der Waals surface area contributed by atoms with Crippen LogP contribution in [0.25, 0.3) is 0 Å². The van der Waals surface area contributed by atoms with E-state index in [1.807, 2.05) is 48.6 Å². The Morgan fingerprint density at radius 1 is 0.846 bits per heavy atom. The fourth-order valence-electron chi connectivity index (χ4n) is 2.16. The van der Waals surface area contributed by atoms with Gasteiger partial charge in [0.1, 0.15) is 0 Å². The SMILES string of the molecule is CC/C=C\C[C@H](O)/C=C/C=C\C/C=C/C=C\[C@H](O)CCCCCC(=O)O. The number of carboxylic acid groups (broad SMARTS) is 1. The van der Waals surface area contributed by atoms with Gasteiger partial charge in [0, 0.05) is 6.42 Å². The van der Waals surface area contributed by atoms with Crippen molar-refractivity contribution in [2.75, 3.05) is 0 Å². The van der Waals surface area contributed by atoms with Gasteiger partial charge in [-0.3, -0.25) is 4.79 Å². The monoisotopic (exact) mass is 362 g/mol. The zero-order chi connectivity index (χ0) is 19.5. The molecule has 0 aromatic heterocycles. The van der Waals surface area contributed by atoms with Crippen LogP contribution in [0.3, 0.4) is 0 Å². The average molecular weight is 363 g/mol. The van der Waals surface area contributed by atoms with E-state index in [2.05, 4.69) is 6.92 Å². The summed E-state index contributed by atoms with van der Waals surface area (Å²) in [5.74, 6) is -0.763. The summed E-state index contributed by atoms with van der Waals surface area (Å²) in [6.45, 7) is 2.07. The number of carbonyl (C=O) groups is 1. The number of unbranched alkanes of at least 4 members (excludes halogenated alkanes) is 2. The highest BCUT2D eigenvalue weighted by molar-refractivity contribution is 5.66. The van der Waals surface area contributed by atoms with Crippen LogP contribution in [0, 0.1) is 0 Å². The van der Waals surface area contributed by atoms with E-state index in [0.29, 0.717) is 19.3 Å². The molecule has 0 aliphatic heterocycles. The van der Waals surface area contributed by atoms with Crippen molar-refractivity contribution in [1.29, 1.82) is 0 Å². The van der Waals surface area contributed by atoms with Gasteiger partial charge >= 0.3 is 5.97 Å². The number of aliphatic hydroxyl groups is 2. The van der Waals surface area contributed by atoms with E-state index in [-0.39, 0.29) is 6.42 Å². The number of hydrogen-bond acceptors (Lipinski definition) is 3.